The van der Waals surface area contributed by atoms with Crippen LogP contribution in [-0.2, 0) is 6.61 Å². The van der Waals surface area contributed by atoms with Gasteiger partial charge in [0.05, 0.1) is 11.2 Å². The van der Waals surface area contributed by atoms with Gasteiger partial charge in [0.2, 0.25) is 0 Å². The second-order valence-corrected chi connectivity index (χ2v) is 5.47. The van der Waals surface area contributed by atoms with E-state index >= 15 is 0 Å². The Labute approximate surface area is 125 Å². The lowest BCUT2D eigenvalue weighted by Crippen LogP contribution is -2.09. The van der Waals surface area contributed by atoms with Crippen molar-refractivity contribution >= 4 is 16.6 Å². The predicted octanol–water partition coefficient (Wildman–Crippen LogP) is 4.12. The van der Waals surface area contributed by atoms with Gasteiger partial charge in [-0.05, 0) is 24.6 Å². The molecule has 0 aliphatic carbocycles. The molecule has 0 fully saturated rings. The molecule has 0 saturated carbocycles. The zero-order valence-electron chi connectivity index (χ0n) is 12.7. The van der Waals surface area contributed by atoms with Crippen LogP contribution in [0.2, 0.25) is 0 Å². The minimum atomic E-state index is 0.590. The smallest absolute Gasteiger partial charge is 0.121 e. The van der Waals surface area contributed by atoms with Crippen LogP contribution in [0.3, 0.4) is 0 Å². The summed E-state index contributed by atoms with van der Waals surface area (Å²) in [5.41, 5.74) is 4.70. The van der Waals surface area contributed by atoms with Crippen LogP contribution in [0.4, 0.5) is 5.69 Å². The van der Waals surface area contributed by atoms with Crippen LogP contribution in [0, 0.1) is 6.92 Å². The number of fused-ring (bicyclic) bond motifs is 1. The molecule has 0 aliphatic heterocycles. The third-order valence-corrected chi connectivity index (χ3v) is 3.62. The van der Waals surface area contributed by atoms with Gasteiger partial charge in [0.1, 0.15) is 12.4 Å². The molecule has 3 rings (SSSR count). The summed E-state index contributed by atoms with van der Waals surface area (Å²) >= 11 is 0. The molecule has 1 N–H and O–H groups in total. The van der Waals surface area contributed by atoms with Crippen molar-refractivity contribution in [3.05, 3.63) is 59.8 Å². The molecule has 0 saturated heterocycles. The van der Waals surface area contributed by atoms with Crippen LogP contribution in [0.5, 0.6) is 5.75 Å². The number of hydrogen-bond acceptors (Lipinski definition) is 2. The second-order valence-electron chi connectivity index (χ2n) is 5.47. The fourth-order valence-corrected chi connectivity index (χ4v) is 2.70. The molecule has 3 aromatic rings. The number of H-pyrrole nitrogens is 1. The number of aryl methyl sites for hydroxylation is 1. The van der Waals surface area contributed by atoms with Crippen LogP contribution in [0.1, 0.15) is 11.3 Å². The van der Waals surface area contributed by atoms with E-state index in [1.54, 1.807) is 0 Å². The summed E-state index contributed by atoms with van der Waals surface area (Å²) in [5.74, 6) is 0.887. The summed E-state index contributed by atoms with van der Waals surface area (Å²) in [7, 11) is 4.13. The topological polar surface area (TPSA) is 28.3 Å². The number of aromatic amines is 1. The van der Waals surface area contributed by atoms with Crippen molar-refractivity contribution in [2.24, 2.45) is 0 Å². The highest BCUT2D eigenvalue weighted by molar-refractivity contribution is 5.95. The summed E-state index contributed by atoms with van der Waals surface area (Å²) in [5, 5.41) is 1.23. The van der Waals surface area contributed by atoms with Gasteiger partial charge >= 0.3 is 0 Å². The van der Waals surface area contributed by atoms with E-state index in [-0.39, 0.29) is 0 Å². The Morgan fingerprint density at radius 2 is 1.81 bits per heavy atom. The zero-order chi connectivity index (χ0) is 14.8. The van der Waals surface area contributed by atoms with Crippen LogP contribution >= 0.6 is 0 Å². The monoisotopic (exact) mass is 280 g/mol. The Hall–Kier alpha value is -2.42. The molecule has 0 aliphatic rings. The lowest BCUT2D eigenvalue weighted by Gasteiger charge is -2.12. The number of nitrogens with one attached hydrogen (secondary N) is 1. The van der Waals surface area contributed by atoms with Crippen LogP contribution in [0.15, 0.2) is 48.5 Å². The summed E-state index contributed by atoms with van der Waals surface area (Å²) in [6.07, 6.45) is 0. The van der Waals surface area contributed by atoms with Crippen LogP contribution < -0.4 is 9.64 Å². The number of hydrogen-bond donors (Lipinski definition) is 1. The Morgan fingerprint density at radius 3 is 2.52 bits per heavy atom. The molecule has 2 aromatic carbocycles. The van der Waals surface area contributed by atoms with Gasteiger partial charge in [-0.1, -0.05) is 30.3 Å². The summed E-state index contributed by atoms with van der Waals surface area (Å²) in [6.45, 7) is 2.69. The van der Waals surface area contributed by atoms with Gasteiger partial charge in [-0.25, -0.2) is 0 Å². The van der Waals surface area contributed by atoms with E-state index in [1.807, 2.05) is 24.3 Å². The standard InChI is InChI=1S/C18H20N2O/c1-13-18(20(2)3)16-10-9-15(11-17(16)19-13)21-12-14-7-5-4-6-8-14/h4-11,19H,12H2,1-3H3. The molecule has 1 aromatic heterocycles. The molecule has 0 unspecified atom stereocenters. The molecule has 0 spiro atoms. The Bertz CT molecular complexity index is 745. The Kier molecular flexibility index (Phi) is 3.57. The SMILES string of the molecule is Cc1[nH]c2cc(OCc3ccccc3)ccc2c1N(C)C. The Morgan fingerprint density at radius 1 is 1.05 bits per heavy atom. The second kappa shape index (κ2) is 5.52. The highest BCUT2D eigenvalue weighted by atomic mass is 16.5. The van der Waals surface area contributed by atoms with Gasteiger partial charge in [-0.2, -0.15) is 0 Å². The minimum absolute atomic E-state index is 0.590. The maximum absolute atomic E-state index is 5.88. The van der Waals surface area contributed by atoms with Crippen LogP contribution in [0.25, 0.3) is 10.9 Å². The molecule has 0 bridgehead atoms. The van der Waals surface area contributed by atoms with Gasteiger partial charge in [0, 0.05) is 31.2 Å². The van der Waals surface area contributed by atoms with E-state index in [1.165, 1.54) is 22.3 Å². The third-order valence-electron chi connectivity index (χ3n) is 3.62. The van der Waals surface area contributed by atoms with Crippen molar-refractivity contribution < 1.29 is 4.74 Å². The molecular formula is C18H20N2O. The number of rotatable bonds is 4. The van der Waals surface area contributed by atoms with E-state index in [0.29, 0.717) is 6.61 Å². The minimum Gasteiger partial charge on any atom is -0.489 e. The van der Waals surface area contributed by atoms with E-state index < -0.39 is 0 Å². The summed E-state index contributed by atoms with van der Waals surface area (Å²) < 4.78 is 5.88. The van der Waals surface area contributed by atoms with Crippen LogP contribution in [-0.4, -0.2) is 19.1 Å². The first-order valence-corrected chi connectivity index (χ1v) is 7.11. The van der Waals surface area contributed by atoms with Crippen molar-refractivity contribution in [3.8, 4) is 5.75 Å². The first-order valence-electron chi connectivity index (χ1n) is 7.11. The third kappa shape index (κ3) is 2.72. The molecule has 0 amide bonds. The van der Waals surface area contributed by atoms with Gasteiger partial charge in [-0.3, -0.25) is 0 Å². The van der Waals surface area contributed by atoms with Crippen molar-refractivity contribution in [1.29, 1.82) is 0 Å². The number of benzene rings is 2. The first-order chi connectivity index (χ1) is 10.1. The average Bonchev–Trinajstić information content (AvgIpc) is 2.81. The van der Waals surface area contributed by atoms with Gasteiger partial charge in [0.15, 0.2) is 0 Å². The molecule has 108 valence electrons. The van der Waals surface area contributed by atoms with Crippen molar-refractivity contribution in [1.82, 2.24) is 4.98 Å². The number of nitrogens with zero attached hydrogens (tertiary/aromatic N) is 1. The van der Waals surface area contributed by atoms with Gasteiger partial charge in [0.25, 0.3) is 0 Å². The fourth-order valence-electron chi connectivity index (χ4n) is 2.70. The molecule has 3 heteroatoms. The molecule has 0 radical (unpaired) electrons. The van der Waals surface area contributed by atoms with Crippen molar-refractivity contribution in [3.63, 3.8) is 0 Å². The van der Waals surface area contributed by atoms with E-state index in [9.17, 15) is 0 Å². The number of ether oxygens (including phenoxy) is 1. The van der Waals surface area contributed by atoms with Gasteiger partial charge < -0.3 is 14.6 Å². The largest absolute Gasteiger partial charge is 0.489 e. The highest BCUT2D eigenvalue weighted by Gasteiger charge is 2.10. The first kappa shape index (κ1) is 13.6. The Balaban J connectivity index is 1.85. The van der Waals surface area contributed by atoms with E-state index in [0.717, 1.165) is 11.3 Å². The maximum Gasteiger partial charge on any atom is 0.121 e. The number of anilines is 1. The zero-order valence-corrected chi connectivity index (χ0v) is 12.7. The lowest BCUT2D eigenvalue weighted by atomic mass is 10.2. The molecule has 1 heterocycles. The number of aromatic nitrogens is 1. The molecule has 0 atom stereocenters. The average molecular weight is 280 g/mol. The summed E-state index contributed by atoms with van der Waals surface area (Å²) in [4.78, 5) is 5.56. The van der Waals surface area contributed by atoms with E-state index in [2.05, 4.69) is 55.2 Å². The predicted molar refractivity (Wildman–Crippen MR) is 88.1 cm³/mol. The van der Waals surface area contributed by atoms with Crippen molar-refractivity contribution in [2.75, 3.05) is 19.0 Å². The summed E-state index contributed by atoms with van der Waals surface area (Å²) in [6, 6.07) is 16.4. The highest BCUT2D eigenvalue weighted by Crippen LogP contribution is 2.31. The quantitative estimate of drug-likeness (QED) is 0.778. The fraction of sp³-hybridized carbons (Fsp3) is 0.222. The lowest BCUT2D eigenvalue weighted by molar-refractivity contribution is 0.306. The molecule has 3 nitrogen and oxygen atoms in total. The molecule has 21 heavy (non-hydrogen) atoms. The molecular weight excluding hydrogens is 260 g/mol. The van der Waals surface area contributed by atoms with Gasteiger partial charge in [-0.15, -0.1) is 0 Å². The normalized spacial score (nSPS) is 10.8. The van der Waals surface area contributed by atoms with E-state index in [4.69, 9.17) is 4.74 Å². The van der Waals surface area contributed by atoms with Crippen molar-refractivity contribution in [2.45, 2.75) is 13.5 Å². The maximum atomic E-state index is 5.88.